The standard InChI is InChI=1S/C24H17Cl3F6N2/c25-18-10-15(11-19(26)22(18)27)16(23(28,29)30)7-5-13-4-6-14(17(9-13)24(31,32)33)12-20(34)21-3-1-2-8-35-21/h1-11,16,20H,12,34H2/b7-5+. The number of pyridine rings is 1. The quantitative estimate of drug-likeness (QED) is 0.245. The van der Waals surface area contributed by atoms with Crippen molar-refractivity contribution in [2.24, 2.45) is 5.73 Å². The number of benzene rings is 2. The second-order valence-corrected chi connectivity index (χ2v) is 8.85. The lowest BCUT2D eigenvalue weighted by Gasteiger charge is -2.19. The molecule has 0 saturated heterocycles. The van der Waals surface area contributed by atoms with Crippen LogP contribution in [0.3, 0.4) is 0 Å². The van der Waals surface area contributed by atoms with Crippen molar-refractivity contribution in [3.05, 3.63) is 104 Å². The van der Waals surface area contributed by atoms with Gasteiger partial charge in [0.15, 0.2) is 0 Å². The first-order valence-corrected chi connectivity index (χ1v) is 11.2. The summed E-state index contributed by atoms with van der Waals surface area (Å²) in [4.78, 5) is 4.05. The summed E-state index contributed by atoms with van der Waals surface area (Å²) in [5.41, 5.74) is 4.96. The summed E-state index contributed by atoms with van der Waals surface area (Å²) in [7, 11) is 0. The average molecular weight is 554 g/mol. The molecule has 2 N–H and O–H groups in total. The molecule has 0 aliphatic carbocycles. The zero-order chi connectivity index (χ0) is 26.0. The molecular formula is C24H17Cl3F6N2. The first-order chi connectivity index (χ1) is 16.3. The van der Waals surface area contributed by atoms with Crippen LogP contribution >= 0.6 is 34.8 Å². The van der Waals surface area contributed by atoms with E-state index in [9.17, 15) is 26.3 Å². The van der Waals surface area contributed by atoms with Gasteiger partial charge in [-0.1, -0.05) is 65.2 Å². The van der Waals surface area contributed by atoms with Crippen LogP contribution in [-0.4, -0.2) is 11.2 Å². The first-order valence-electron chi connectivity index (χ1n) is 10.0. The van der Waals surface area contributed by atoms with E-state index in [1.807, 2.05) is 0 Å². The molecule has 11 heteroatoms. The molecule has 3 rings (SSSR count). The van der Waals surface area contributed by atoms with Crippen LogP contribution in [0.5, 0.6) is 0 Å². The molecule has 3 aromatic rings. The van der Waals surface area contributed by atoms with E-state index in [0.717, 1.165) is 30.4 Å². The molecular weight excluding hydrogens is 537 g/mol. The highest BCUT2D eigenvalue weighted by atomic mass is 35.5. The third kappa shape index (κ3) is 6.91. The summed E-state index contributed by atoms with van der Waals surface area (Å²) < 4.78 is 82.5. The minimum Gasteiger partial charge on any atom is -0.322 e. The molecule has 0 spiro atoms. The second-order valence-electron chi connectivity index (χ2n) is 7.66. The zero-order valence-electron chi connectivity index (χ0n) is 17.6. The minimum absolute atomic E-state index is 0.0760. The van der Waals surface area contributed by atoms with E-state index in [1.165, 1.54) is 18.3 Å². The van der Waals surface area contributed by atoms with Gasteiger partial charge >= 0.3 is 12.4 Å². The van der Waals surface area contributed by atoms with Crippen LogP contribution in [0.2, 0.25) is 15.1 Å². The van der Waals surface area contributed by atoms with Crippen molar-refractivity contribution in [1.82, 2.24) is 4.98 Å². The highest BCUT2D eigenvalue weighted by Gasteiger charge is 2.39. The van der Waals surface area contributed by atoms with E-state index in [2.05, 4.69) is 4.98 Å². The molecule has 2 nitrogen and oxygen atoms in total. The lowest BCUT2D eigenvalue weighted by atomic mass is 9.94. The minimum atomic E-state index is -4.76. The van der Waals surface area contributed by atoms with Crippen molar-refractivity contribution in [2.75, 3.05) is 0 Å². The Morgan fingerprint density at radius 2 is 1.57 bits per heavy atom. The molecule has 0 radical (unpaired) electrons. The average Bonchev–Trinajstić information content (AvgIpc) is 2.77. The molecule has 2 unspecified atom stereocenters. The molecule has 0 fully saturated rings. The van der Waals surface area contributed by atoms with Gasteiger partial charge in [-0.15, -0.1) is 0 Å². The summed E-state index contributed by atoms with van der Waals surface area (Å²) in [6.45, 7) is 0. The maximum atomic E-state index is 13.8. The van der Waals surface area contributed by atoms with Gasteiger partial charge in [0, 0.05) is 6.20 Å². The number of aromatic nitrogens is 1. The van der Waals surface area contributed by atoms with Crippen molar-refractivity contribution >= 4 is 40.9 Å². The van der Waals surface area contributed by atoms with Gasteiger partial charge in [-0.3, -0.25) is 4.98 Å². The van der Waals surface area contributed by atoms with E-state index >= 15 is 0 Å². The van der Waals surface area contributed by atoms with Gasteiger partial charge in [0.2, 0.25) is 0 Å². The molecule has 2 atom stereocenters. The smallest absolute Gasteiger partial charge is 0.322 e. The van der Waals surface area contributed by atoms with Crippen LogP contribution in [0.4, 0.5) is 26.3 Å². The fourth-order valence-corrected chi connectivity index (χ4v) is 4.06. The van der Waals surface area contributed by atoms with Crippen LogP contribution in [-0.2, 0) is 12.6 Å². The van der Waals surface area contributed by atoms with Crippen LogP contribution in [0, 0.1) is 0 Å². The monoisotopic (exact) mass is 552 g/mol. The Kier molecular flexibility index (Phi) is 8.42. The molecule has 0 saturated carbocycles. The lowest BCUT2D eigenvalue weighted by molar-refractivity contribution is -0.140. The zero-order valence-corrected chi connectivity index (χ0v) is 19.9. The van der Waals surface area contributed by atoms with Crippen LogP contribution in [0.1, 0.15) is 39.9 Å². The highest BCUT2D eigenvalue weighted by molar-refractivity contribution is 6.48. The molecule has 1 heterocycles. The van der Waals surface area contributed by atoms with E-state index in [-0.39, 0.29) is 38.2 Å². The van der Waals surface area contributed by atoms with Crippen LogP contribution in [0.25, 0.3) is 6.08 Å². The number of nitrogens with zero attached hydrogens (tertiary/aromatic N) is 1. The Hall–Kier alpha value is -2.26. The summed E-state index contributed by atoms with van der Waals surface area (Å²) in [6, 6.07) is 9.42. The molecule has 0 bridgehead atoms. The summed E-state index contributed by atoms with van der Waals surface area (Å²) in [5, 5.41) is -0.453. The Morgan fingerprint density at radius 1 is 0.914 bits per heavy atom. The number of alkyl halides is 6. The van der Waals surface area contributed by atoms with E-state index in [4.69, 9.17) is 40.5 Å². The highest BCUT2D eigenvalue weighted by Crippen LogP contribution is 2.41. The fourth-order valence-electron chi connectivity index (χ4n) is 3.45. The third-order valence-corrected chi connectivity index (χ3v) is 6.34. The predicted molar refractivity (Wildman–Crippen MR) is 126 cm³/mol. The van der Waals surface area contributed by atoms with Crippen molar-refractivity contribution < 1.29 is 26.3 Å². The maximum Gasteiger partial charge on any atom is 0.416 e. The van der Waals surface area contributed by atoms with Gasteiger partial charge in [0.1, 0.15) is 0 Å². The Labute approximate surface area is 212 Å². The van der Waals surface area contributed by atoms with Crippen LogP contribution in [0.15, 0.2) is 60.8 Å². The summed E-state index contributed by atoms with van der Waals surface area (Å²) >= 11 is 17.5. The van der Waals surface area contributed by atoms with Crippen molar-refractivity contribution in [1.29, 1.82) is 0 Å². The van der Waals surface area contributed by atoms with Crippen molar-refractivity contribution in [2.45, 2.75) is 30.7 Å². The van der Waals surface area contributed by atoms with Crippen molar-refractivity contribution in [3.63, 3.8) is 0 Å². The molecule has 0 amide bonds. The predicted octanol–water partition coefficient (Wildman–Crippen LogP) is 8.66. The Morgan fingerprint density at radius 3 is 2.11 bits per heavy atom. The Bertz CT molecular complexity index is 1190. The lowest BCUT2D eigenvalue weighted by Crippen LogP contribution is -2.19. The van der Waals surface area contributed by atoms with Gasteiger partial charge in [0.25, 0.3) is 0 Å². The molecule has 0 aliphatic rings. The van der Waals surface area contributed by atoms with Gasteiger partial charge in [-0.25, -0.2) is 0 Å². The summed E-state index contributed by atoms with van der Waals surface area (Å²) in [5.74, 6) is -2.18. The Balaban J connectivity index is 1.96. The van der Waals surface area contributed by atoms with E-state index in [1.54, 1.807) is 18.2 Å². The largest absolute Gasteiger partial charge is 0.416 e. The van der Waals surface area contributed by atoms with Gasteiger partial charge in [0.05, 0.1) is 38.3 Å². The third-order valence-electron chi connectivity index (χ3n) is 5.15. The van der Waals surface area contributed by atoms with Gasteiger partial charge < -0.3 is 5.73 Å². The normalized spacial score (nSPS) is 14.3. The SMILES string of the molecule is NC(Cc1ccc(/C=C/C(c2cc(Cl)c(Cl)c(Cl)c2)C(F)(F)F)cc1C(F)(F)F)c1ccccn1. The number of hydrogen-bond donors (Lipinski definition) is 1. The molecule has 0 aliphatic heterocycles. The molecule has 1 aromatic heterocycles. The van der Waals surface area contributed by atoms with Crippen LogP contribution < -0.4 is 5.73 Å². The maximum absolute atomic E-state index is 13.8. The number of rotatable bonds is 6. The molecule has 35 heavy (non-hydrogen) atoms. The van der Waals surface area contributed by atoms with Crippen molar-refractivity contribution in [3.8, 4) is 0 Å². The number of hydrogen-bond acceptors (Lipinski definition) is 2. The molecule has 186 valence electrons. The topological polar surface area (TPSA) is 38.9 Å². The number of halogens is 9. The van der Waals surface area contributed by atoms with Gasteiger partial charge in [-0.05, 0) is 53.4 Å². The van der Waals surface area contributed by atoms with E-state index in [0.29, 0.717) is 5.69 Å². The number of nitrogens with two attached hydrogens (primary N) is 1. The molecule has 2 aromatic carbocycles. The van der Waals surface area contributed by atoms with Gasteiger partial charge in [-0.2, -0.15) is 26.3 Å². The summed E-state index contributed by atoms with van der Waals surface area (Å²) in [6.07, 6.45) is -6.49. The number of allylic oxidation sites excluding steroid dienone is 1. The first kappa shape index (κ1) is 27.3. The fraction of sp³-hybridized carbons (Fsp3) is 0.208. The second kappa shape index (κ2) is 10.8. The van der Waals surface area contributed by atoms with E-state index < -0.39 is 29.9 Å².